The number of fused-ring (bicyclic) bond motifs is 1. The minimum atomic E-state index is -0.0799. The summed E-state index contributed by atoms with van der Waals surface area (Å²) < 4.78 is 1.66. The van der Waals surface area contributed by atoms with E-state index in [2.05, 4.69) is 28.7 Å². The molecular formula is C19H20N4O. The first-order valence-corrected chi connectivity index (χ1v) is 8.34. The normalized spacial score (nSPS) is 14.5. The van der Waals surface area contributed by atoms with E-state index in [1.54, 1.807) is 17.0 Å². The fraction of sp³-hybridized carbons (Fsp3) is 0.316. The summed E-state index contributed by atoms with van der Waals surface area (Å²) >= 11 is 0. The molecule has 1 aromatic carbocycles. The second-order valence-electron chi connectivity index (χ2n) is 6.42. The highest BCUT2D eigenvalue weighted by Gasteiger charge is 2.16. The van der Waals surface area contributed by atoms with Gasteiger partial charge in [-0.1, -0.05) is 6.07 Å². The summed E-state index contributed by atoms with van der Waals surface area (Å²) in [6.45, 7) is 6.10. The van der Waals surface area contributed by atoms with Gasteiger partial charge in [-0.3, -0.25) is 9.36 Å². The lowest BCUT2D eigenvalue weighted by Crippen LogP contribution is -2.22. The Morgan fingerprint density at radius 3 is 2.58 bits per heavy atom. The van der Waals surface area contributed by atoms with Crippen LogP contribution in [0.1, 0.15) is 24.0 Å². The second kappa shape index (κ2) is 5.74. The van der Waals surface area contributed by atoms with Crippen LogP contribution < -0.4 is 10.5 Å². The minimum absolute atomic E-state index is 0.0799. The molecule has 122 valence electrons. The van der Waals surface area contributed by atoms with Gasteiger partial charge < -0.3 is 4.90 Å². The third-order valence-corrected chi connectivity index (χ3v) is 4.79. The van der Waals surface area contributed by atoms with Crippen LogP contribution in [0.15, 0.2) is 41.5 Å². The zero-order chi connectivity index (χ0) is 16.7. The smallest absolute Gasteiger partial charge is 0.266 e. The van der Waals surface area contributed by atoms with E-state index in [4.69, 9.17) is 0 Å². The summed E-state index contributed by atoms with van der Waals surface area (Å²) in [5.74, 6) is 0.725. The molecule has 5 nitrogen and oxygen atoms in total. The van der Waals surface area contributed by atoms with Crippen molar-refractivity contribution >= 4 is 16.9 Å². The number of hydrogen-bond donors (Lipinski definition) is 0. The largest absolute Gasteiger partial charge is 0.341 e. The molecule has 1 saturated heterocycles. The van der Waals surface area contributed by atoms with Crippen LogP contribution in [0.25, 0.3) is 16.6 Å². The summed E-state index contributed by atoms with van der Waals surface area (Å²) in [6.07, 6.45) is 5.82. The molecule has 4 rings (SSSR count). The van der Waals surface area contributed by atoms with E-state index < -0.39 is 0 Å². The van der Waals surface area contributed by atoms with Gasteiger partial charge in [-0.2, -0.15) is 0 Å². The van der Waals surface area contributed by atoms with Crippen molar-refractivity contribution in [1.29, 1.82) is 0 Å². The zero-order valence-corrected chi connectivity index (χ0v) is 14.0. The van der Waals surface area contributed by atoms with Gasteiger partial charge >= 0.3 is 0 Å². The summed E-state index contributed by atoms with van der Waals surface area (Å²) in [5.41, 5.74) is 3.88. The Labute approximate surface area is 140 Å². The predicted octanol–water partition coefficient (Wildman–Crippen LogP) is 3.00. The molecule has 1 aliphatic heterocycles. The molecule has 24 heavy (non-hydrogen) atoms. The van der Waals surface area contributed by atoms with Crippen molar-refractivity contribution in [1.82, 2.24) is 14.5 Å². The molecule has 2 aromatic heterocycles. The molecule has 0 N–H and O–H groups in total. The summed E-state index contributed by atoms with van der Waals surface area (Å²) in [4.78, 5) is 24.0. The van der Waals surface area contributed by atoms with Crippen molar-refractivity contribution in [2.24, 2.45) is 0 Å². The minimum Gasteiger partial charge on any atom is -0.341 e. The van der Waals surface area contributed by atoms with Gasteiger partial charge in [0.1, 0.15) is 0 Å². The van der Waals surface area contributed by atoms with Crippen LogP contribution in [0.2, 0.25) is 0 Å². The molecule has 1 aliphatic rings. The molecule has 0 aliphatic carbocycles. The second-order valence-corrected chi connectivity index (χ2v) is 6.42. The Morgan fingerprint density at radius 1 is 1.04 bits per heavy atom. The summed E-state index contributed by atoms with van der Waals surface area (Å²) in [6, 6.07) is 7.93. The van der Waals surface area contributed by atoms with Crippen molar-refractivity contribution in [3.05, 3.63) is 58.1 Å². The molecule has 0 amide bonds. The predicted molar refractivity (Wildman–Crippen MR) is 96.1 cm³/mol. The van der Waals surface area contributed by atoms with E-state index in [0.717, 1.165) is 24.7 Å². The van der Waals surface area contributed by atoms with Gasteiger partial charge in [-0.25, -0.2) is 9.97 Å². The molecule has 1 fully saturated rings. The topological polar surface area (TPSA) is 51.0 Å². The molecule has 0 saturated carbocycles. The van der Waals surface area contributed by atoms with Gasteiger partial charge in [0.05, 0.1) is 10.9 Å². The van der Waals surface area contributed by atoms with Crippen LogP contribution in [0.4, 0.5) is 5.95 Å². The number of aryl methyl sites for hydroxylation is 2. The molecule has 0 radical (unpaired) electrons. The third kappa shape index (κ3) is 2.46. The molecule has 3 heterocycles. The van der Waals surface area contributed by atoms with Crippen molar-refractivity contribution in [3.63, 3.8) is 0 Å². The number of rotatable bonds is 2. The fourth-order valence-corrected chi connectivity index (χ4v) is 3.17. The Kier molecular flexibility index (Phi) is 3.56. The van der Waals surface area contributed by atoms with Crippen molar-refractivity contribution in [3.8, 4) is 5.69 Å². The average Bonchev–Trinajstić information content (AvgIpc) is 3.12. The highest BCUT2D eigenvalue weighted by atomic mass is 16.1. The third-order valence-electron chi connectivity index (χ3n) is 4.79. The SMILES string of the molecule is Cc1ccc(-n2ccc3nc(N4CCCC4)ncc3c2=O)cc1C. The van der Waals surface area contributed by atoms with Crippen LogP contribution in [-0.2, 0) is 0 Å². The van der Waals surface area contributed by atoms with Gasteiger partial charge in [0.2, 0.25) is 5.95 Å². The number of benzene rings is 1. The van der Waals surface area contributed by atoms with Gasteiger partial charge in [0, 0.05) is 31.2 Å². The number of aromatic nitrogens is 3. The molecule has 5 heteroatoms. The molecule has 3 aromatic rings. The lowest BCUT2D eigenvalue weighted by atomic mass is 10.1. The maximum Gasteiger partial charge on any atom is 0.266 e. The zero-order valence-electron chi connectivity index (χ0n) is 14.0. The molecule has 0 unspecified atom stereocenters. The van der Waals surface area contributed by atoms with Crippen LogP contribution in [0.5, 0.6) is 0 Å². The van der Waals surface area contributed by atoms with Crippen molar-refractivity contribution < 1.29 is 0 Å². The molecular weight excluding hydrogens is 300 g/mol. The Bertz CT molecular complexity index is 971. The van der Waals surface area contributed by atoms with Gasteiger partial charge in [-0.15, -0.1) is 0 Å². The van der Waals surface area contributed by atoms with E-state index in [1.165, 1.54) is 24.0 Å². The van der Waals surface area contributed by atoms with E-state index in [1.807, 2.05) is 24.3 Å². The van der Waals surface area contributed by atoms with Gasteiger partial charge in [0.25, 0.3) is 5.56 Å². The lowest BCUT2D eigenvalue weighted by molar-refractivity contribution is 0.904. The summed E-state index contributed by atoms with van der Waals surface area (Å²) in [5, 5.41) is 0.554. The Morgan fingerprint density at radius 2 is 1.83 bits per heavy atom. The Balaban J connectivity index is 1.81. The number of pyridine rings is 1. The highest BCUT2D eigenvalue weighted by Crippen LogP contribution is 2.18. The van der Waals surface area contributed by atoms with Crippen LogP contribution >= 0.6 is 0 Å². The van der Waals surface area contributed by atoms with Crippen molar-refractivity contribution in [2.75, 3.05) is 18.0 Å². The molecule has 0 bridgehead atoms. The molecule has 0 spiro atoms. The lowest BCUT2D eigenvalue weighted by Gasteiger charge is -2.15. The Hall–Kier alpha value is -2.69. The van der Waals surface area contributed by atoms with Gasteiger partial charge in [-0.05, 0) is 56.0 Å². The highest BCUT2D eigenvalue weighted by molar-refractivity contribution is 5.78. The number of nitrogens with zero attached hydrogens (tertiary/aromatic N) is 4. The fourth-order valence-electron chi connectivity index (χ4n) is 3.17. The van der Waals surface area contributed by atoms with Crippen LogP contribution in [0, 0.1) is 13.8 Å². The van der Waals surface area contributed by atoms with E-state index in [-0.39, 0.29) is 5.56 Å². The quantitative estimate of drug-likeness (QED) is 0.728. The van der Waals surface area contributed by atoms with E-state index in [9.17, 15) is 4.79 Å². The summed E-state index contributed by atoms with van der Waals surface area (Å²) in [7, 11) is 0. The average molecular weight is 320 g/mol. The van der Waals surface area contributed by atoms with Crippen LogP contribution in [-0.4, -0.2) is 27.6 Å². The number of anilines is 1. The first-order chi connectivity index (χ1) is 11.6. The maximum absolute atomic E-state index is 12.8. The monoisotopic (exact) mass is 320 g/mol. The molecule has 0 atom stereocenters. The van der Waals surface area contributed by atoms with Crippen molar-refractivity contribution in [2.45, 2.75) is 26.7 Å². The maximum atomic E-state index is 12.8. The first-order valence-electron chi connectivity index (χ1n) is 8.34. The van der Waals surface area contributed by atoms with Gasteiger partial charge in [0.15, 0.2) is 0 Å². The number of hydrogen-bond acceptors (Lipinski definition) is 4. The van der Waals surface area contributed by atoms with E-state index in [0.29, 0.717) is 10.9 Å². The van der Waals surface area contributed by atoms with Crippen LogP contribution in [0.3, 0.4) is 0 Å². The standard InChI is InChI=1S/C19H20N4O/c1-13-5-6-15(11-14(13)2)23-10-7-17-16(18(23)24)12-20-19(21-17)22-8-3-4-9-22/h5-7,10-12H,3-4,8-9H2,1-2H3. The van der Waals surface area contributed by atoms with E-state index >= 15 is 0 Å². The first kappa shape index (κ1) is 14.9.